The zero-order valence-corrected chi connectivity index (χ0v) is 17.8. The third kappa shape index (κ3) is 4.71. The van der Waals surface area contributed by atoms with E-state index >= 15 is 0 Å². The second-order valence-corrected chi connectivity index (χ2v) is 7.85. The van der Waals surface area contributed by atoms with Gasteiger partial charge in [0.05, 0.1) is 17.1 Å². The number of amides is 1. The fraction of sp³-hybridized carbons (Fsp3) is 0.375. The number of carbonyl (C=O) groups excluding carboxylic acids is 2. The second kappa shape index (κ2) is 9.20. The number of nitrogens with one attached hydrogen (secondary N) is 2. The Morgan fingerprint density at radius 1 is 1.10 bits per heavy atom. The monoisotopic (exact) mass is 421 g/mol. The van der Waals surface area contributed by atoms with Crippen LogP contribution in [0.2, 0.25) is 0 Å². The summed E-state index contributed by atoms with van der Waals surface area (Å²) in [7, 11) is 0. The van der Waals surface area contributed by atoms with Crippen molar-refractivity contribution < 1.29 is 19.1 Å². The van der Waals surface area contributed by atoms with Gasteiger partial charge in [0.2, 0.25) is 5.91 Å². The molecule has 0 bridgehead atoms. The van der Waals surface area contributed by atoms with Gasteiger partial charge in [0.1, 0.15) is 19.0 Å². The summed E-state index contributed by atoms with van der Waals surface area (Å²) in [4.78, 5) is 33.3. The maximum Gasteiger partial charge on any atom is 0.221 e. The normalized spacial score (nSPS) is 14.8. The first kappa shape index (κ1) is 20.9. The van der Waals surface area contributed by atoms with Crippen molar-refractivity contribution in [3.05, 3.63) is 53.9 Å². The van der Waals surface area contributed by atoms with Gasteiger partial charge in [0, 0.05) is 18.4 Å². The van der Waals surface area contributed by atoms with E-state index in [4.69, 9.17) is 9.47 Å². The fourth-order valence-electron chi connectivity index (χ4n) is 3.67. The number of ketones is 1. The van der Waals surface area contributed by atoms with Crippen LogP contribution in [0.3, 0.4) is 0 Å². The molecule has 0 saturated carbocycles. The van der Waals surface area contributed by atoms with Gasteiger partial charge in [-0.25, -0.2) is 4.98 Å². The van der Waals surface area contributed by atoms with Crippen molar-refractivity contribution in [2.24, 2.45) is 5.92 Å². The van der Waals surface area contributed by atoms with Gasteiger partial charge in [0.25, 0.3) is 0 Å². The van der Waals surface area contributed by atoms with Crippen LogP contribution >= 0.6 is 0 Å². The Bertz CT molecular complexity index is 1060. The van der Waals surface area contributed by atoms with Crippen molar-refractivity contribution in [3.63, 3.8) is 0 Å². The molecule has 2 N–H and O–H groups in total. The Morgan fingerprint density at radius 3 is 2.65 bits per heavy atom. The third-order valence-electron chi connectivity index (χ3n) is 5.68. The van der Waals surface area contributed by atoms with Gasteiger partial charge in [-0.2, -0.15) is 0 Å². The number of ether oxygens (including phenoxy) is 2. The van der Waals surface area contributed by atoms with Gasteiger partial charge in [-0.05, 0) is 36.2 Å². The fourth-order valence-corrected chi connectivity index (χ4v) is 3.67. The highest BCUT2D eigenvalue weighted by Gasteiger charge is 2.24. The quantitative estimate of drug-likeness (QED) is 0.532. The molecule has 7 nitrogen and oxygen atoms in total. The first-order chi connectivity index (χ1) is 15.0. The average Bonchev–Trinajstić information content (AvgIpc) is 3.24. The minimum absolute atomic E-state index is 0.101. The molecular formula is C24H27N3O4. The van der Waals surface area contributed by atoms with Crippen LogP contribution in [0.4, 0.5) is 0 Å². The number of para-hydroxylation sites is 2. The lowest BCUT2D eigenvalue weighted by atomic mass is 9.98. The summed E-state index contributed by atoms with van der Waals surface area (Å²) in [5, 5.41) is 3.07. The molecule has 2 aromatic carbocycles. The molecule has 1 amide bonds. The van der Waals surface area contributed by atoms with Gasteiger partial charge in [-0.1, -0.05) is 32.4 Å². The number of nitrogens with zero attached hydrogens (tertiary/aromatic N) is 1. The first-order valence-corrected chi connectivity index (χ1v) is 10.7. The van der Waals surface area contributed by atoms with Crippen LogP contribution in [0.15, 0.2) is 42.5 Å². The predicted octanol–water partition coefficient (Wildman–Crippen LogP) is 4.20. The molecule has 31 heavy (non-hydrogen) atoms. The van der Waals surface area contributed by atoms with Gasteiger partial charge in [-0.15, -0.1) is 0 Å². The molecule has 4 rings (SSSR count). The summed E-state index contributed by atoms with van der Waals surface area (Å²) in [5.74, 6) is 1.87. The zero-order chi connectivity index (χ0) is 21.8. The molecular weight excluding hydrogens is 394 g/mol. The highest BCUT2D eigenvalue weighted by Crippen LogP contribution is 2.31. The van der Waals surface area contributed by atoms with E-state index in [1.165, 1.54) is 0 Å². The number of H-pyrrole nitrogens is 1. The second-order valence-electron chi connectivity index (χ2n) is 7.85. The lowest BCUT2D eigenvalue weighted by Crippen LogP contribution is -2.33. The molecule has 0 fully saturated rings. The Balaban J connectivity index is 1.40. The number of rotatable bonds is 8. The smallest absolute Gasteiger partial charge is 0.221 e. The number of hydrogen-bond acceptors (Lipinski definition) is 5. The van der Waals surface area contributed by atoms with Crippen molar-refractivity contribution >= 4 is 22.7 Å². The molecule has 1 aliphatic rings. The number of Topliss-reactive ketones (excluding diaryl/α,β-unsaturated/α-hetero) is 1. The lowest BCUT2D eigenvalue weighted by molar-refractivity contribution is -0.122. The maximum absolute atomic E-state index is 12.7. The Kier molecular flexibility index (Phi) is 6.21. The standard InChI is InChI=1S/C24H27N3O4/c1-3-15(2)23(24-25-17-6-4-5-7-18(17)26-24)27-22(29)11-9-19(28)16-8-10-20-21(14-16)31-13-12-30-20/h4-8,10,14-15,23H,3,9,11-13H2,1-2H3,(H,25,26)(H,27,29). The minimum atomic E-state index is -0.241. The molecule has 2 heterocycles. The van der Waals surface area contributed by atoms with E-state index in [1.807, 2.05) is 24.3 Å². The molecule has 2 atom stereocenters. The predicted molar refractivity (Wildman–Crippen MR) is 117 cm³/mol. The van der Waals surface area contributed by atoms with E-state index in [-0.39, 0.29) is 36.5 Å². The van der Waals surface area contributed by atoms with Crippen LogP contribution in [-0.4, -0.2) is 34.9 Å². The van der Waals surface area contributed by atoms with Crippen molar-refractivity contribution in [3.8, 4) is 11.5 Å². The molecule has 162 valence electrons. The average molecular weight is 421 g/mol. The number of aromatic amines is 1. The van der Waals surface area contributed by atoms with Crippen molar-refractivity contribution in [2.75, 3.05) is 13.2 Å². The maximum atomic E-state index is 12.7. The molecule has 7 heteroatoms. The molecule has 1 aliphatic heterocycles. The number of carbonyl (C=O) groups is 2. The molecule has 3 aromatic rings. The van der Waals surface area contributed by atoms with E-state index in [9.17, 15) is 9.59 Å². The molecule has 0 saturated heterocycles. The van der Waals surface area contributed by atoms with Gasteiger partial charge < -0.3 is 19.8 Å². The van der Waals surface area contributed by atoms with Crippen LogP contribution in [0.25, 0.3) is 11.0 Å². The molecule has 0 radical (unpaired) electrons. The van der Waals surface area contributed by atoms with Crippen LogP contribution in [0, 0.1) is 5.92 Å². The number of benzene rings is 2. The van der Waals surface area contributed by atoms with Crippen molar-refractivity contribution in [1.29, 1.82) is 0 Å². The number of imidazole rings is 1. The van der Waals surface area contributed by atoms with Gasteiger partial charge in [-0.3, -0.25) is 9.59 Å². The van der Waals surface area contributed by atoms with E-state index < -0.39 is 0 Å². The summed E-state index contributed by atoms with van der Waals surface area (Å²) in [6, 6.07) is 12.7. The third-order valence-corrected chi connectivity index (χ3v) is 5.68. The Morgan fingerprint density at radius 2 is 1.87 bits per heavy atom. The number of hydrogen-bond donors (Lipinski definition) is 2. The largest absolute Gasteiger partial charge is 0.486 e. The summed E-state index contributed by atoms with van der Waals surface area (Å²) >= 11 is 0. The Hall–Kier alpha value is -3.35. The van der Waals surface area contributed by atoms with E-state index in [0.717, 1.165) is 23.3 Å². The topological polar surface area (TPSA) is 93.3 Å². The molecule has 1 aromatic heterocycles. The molecule has 0 aliphatic carbocycles. The highest BCUT2D eigenvalue weighted by atomic mass is 16.6. The SMILES string of the molecule is CCC(C)C(NC(=O)CCC(=O)c1ccc2c(c1)OCCO2)c1nc2ccccc2[nH]1. The number of aromatic nitrogens is 2. The summed E-state index contributed by atoms with van der Waals surface area (Å²) < 4.78 is 11.0. The van der Waals surface area contributed by atoms with Crippen LogP contribution in [0.5, 0.6) is 11.5 Å². The molecule has 2 unspecified atom stereocenters. The summed E-state index contributed by atoms with van der Waals surface area (Å²) in [5.41, 5.74) is 2.33. The van der Waals surface area contributed by atoms with E-state index in [0.29, 0.717) is 30.3 Å². The highest BCUT2D eigenvalue weighted by molar-refractivity contribution is 5.98. The zero-order valence-electron chi connectivity index (χ0n) is 17.8. The lowest BCUT2D eigenvalue weighted by Gasteiger charge is -2.22. The van der Waals surface area contributed by atoms with Crippen molar-refractivity contribution in [2.45, 2.75) is 39.2 Å². The van der Waals surface area contributed by atoms with Gasteiger partial charge >= 0.3 is 0 Å². The van der Waals surface area contributed by atoms with Crippen molar-refractivity contribution in [1.82, 2.24) is 15.3 Å². The minimum Gasteiger partial charge on any atom is -0.486 e. The summed E-state index contributed by atoms with van der Waals surface area (Å²) in [6.07, 6.45) is 1.12. The van der Waals surface area contributed by atoms with E-state index in [1.54, 1.807) is 18.2 Å². The molecule has 0 spiro atoms. The van der Waals surface area contributed by atoms with Crippen LogP contribution < -0.4 is 14.8 Å². The van der Waals surface area contributed by atoms with Crippen LogP contribution in [0.1, 0.15) is 55.3 Å². The first-order valence-electron chi connectivity index (χ1n) is 10.7. The van der Waals surface area contributed by atoms with E-state index in [2.05, 4.69) is 29.1 Å². The van der Waals surface area contributed by atoms with Crippen LogP contribution in [-0.2, 0) is 4.79 Å². The Labute approximate surface area is 181 Å². The van der Waals surface area contributed by atoms with Gasteiger partial charge in [0.15, 0.2) is 17.3 Å². The number of fused-ring (bicyclic) bond motifs is 2. The summed E-state index contributed by atoms with van der Waals surface area (Å²) in [6.45, 7) is 5.13.